The number of rotatable bonds is 7. The van der Waals surface area contributed by atoms with Crippen LogP contribution in [0.3, 0.4) is 0 Å². The molecule has 0 aliphatic carbocycles. The van der Waals surface area contributed by atoms with E-state index in [9.17, 15) is 4.79 Å². The fourth-order valence-corrected chi connectivity index (χ4v) is 0.837. The summed E-state index contributed by atoms with van der Waals surface area (Å²) in [6, 6.07) is 0.146. The van der Waals surface area contributed by atoms with Gasteiger partial charge in [0.05, 0.1) is 6.61 Å². The Labute approximate surface area is 79.8 Å². The molecule has 3 N–H and O–H groups in total. The molecule has 0 aromatic heterocycles. The van der Waals surface area contributed by atoms with E-state index in [1.807, 2.05) is 13.8 Å². The van der Waals surface area contributed by atoms with Crippen LogP contribution in [0.1, 0.15) is 26.7 Å². The monoisotopic (exact) mass is 188 g/mol. The van der Waals surface area contributed by atoms with Crippen LogP contribution in [-0.2, 0) is 9.53 Å². The molecule has 0 fully saturated rings. The number of ether oxygens (including phenoxy) is 1. The van der Waals surface area contributed by atoms with Gasteiger partial charge in [-0.15, -0.1) is 0 Å². The second-order valence-corrected chi connectivity index (χ2v) is 3.06. The minimum absolute atomic E-state index is 0.0362. The highest BCUT2D eigenvalue weighted by Crippen LogP contribution is 1.85. The average Bonchev–Trinajstić information content (AvgIpc) is 2.04. The Morgan fingerprint density at radius 2 is 2.31 bits per heavy atom. The van der Waals surface area contributed by atoms with Crippen molar-refractivity contribution in [3.8, 4) is 0 Å². The third-order valence-electron chi connectivity index (χ3n) is 1.60. The van der Waals surface area contributed by atoms with Crippen molar-refractivity contribution in [1.29, 1.82) is 0 Å². The van der Waals surface area contributed by atoms with E-state index in [0.29, 0.717) is 26.2 Å². The van der Waals surface area contributed by atoms with Crippen LogP contribution in [0.2, 0.25) is 0 Å². The van der Waals surface area contributed by atoms with Gasteiger partial charge in [0.15, 0.2) is 0 Å². The zero-order valence-corrected chi connectivity index (χ0v) is 8.51. The Morgan fingerprint density at radius 1 is 1.62 bits per heavy atom. The summed E-state index contributed by atoms with van der Waals surface area (Å²) in [7, 11) is 0. The molecule has 0 spiro atoms. The SMILES string of the molecule is CCOCCC(=O)NCCC(C)N. The lowest BCUT2D eigenvalue weighted by molar-refractivity contribution is -0.122. The molecule has 78 valence electrons. The summed E-state index contributed by atoms with van der Waals surface area (Å²) in [6.07, 6.45) is 1.26. The third kappa shape index (κ3) is 9.30. The standard InChI is InChI=1S/C9H20N2O2/c1-3-13-7-5-9(12)11-6-4-8(2)10/h8H,3-7,10H2,1-2H3,(H,11,12). The van der Waals surface area contributed by atoms with Crippen LogP contribution in [0.4, 0.5) is 0 Å². The Morgan fingerprint density at radius 3 is 2.85 bits per heavy atom. The normalized spacial score (nSPS) is 12.5. The number of hydrogen-bond acceptors (Lipinski definition) is 3. The quantitative estimate of drug-likeness (QED) is 0.563. The highest BCUT2D eigenvalue weighted by atomic mass is 16.5. The first-order valence-electron chi connectivity index (χ1n) is 4.76. The predicted octanol–water partition coefficient (Wildman–Crippen LogP) is 0.267. The van der Waals surface area contributed by atoms with E-state index in [2.05, 4.69) is 5.32 Å². The molecule has 4 heteroatoms. The van der Waals surface area contributed by atoms with Gasteiger partial charge in [-0.25, -0.2) is 0 Å². The topological polar surface area (TPSA) is 64.3 Å². The summed E-state index contributed by atoms with van der Waals surface area (Å²) >= 11 is 0. The molecule has 0 saturated heterocycles. The molecule has 0 aromatic carbocycles. The maximum atomic E-state index is 11.1. The minimum atomic E-state index is 0.0362. The summed E-state index contributed by atoms with van der Waals surface area (Å²) in [5.41, 5.74) is 5.52. The molecular weight excluding hydrogens is 168 g/mol. The first kappa shape index (κ1) is 12.4. The van der Waals surface area contributed by atoms with E-state index in [-0.39, 0.29) is 11.9 Å². The molecule has 0 heterocycles. The molecule has 0 bridgehead atoms. The average molecular weight is 188 g/mol. The van der Waals surface area contributed by atoms with Gasteiger partial charge >= 0.3 is 0 Å². The summed E-state index contributed by atoms with van der Waals surface area (Å²) in [5.74, 6) is 0.0362. The summed E-state index contributed by atoms with van der Waals surface area (Å²) < 4.78 is 5.05. The third-order valence-corrected chi connectivity index (χ3v) is 1.60. The van der Waals surface area contributed by atoms with Gasteiger partial charge in [0, 0.05) is 25.6 Å². The molecule has 0 aliphatic rings. The Hall–Kier alpha value is -0.610. The summed E-state index contributed by atoms with van der Waals surface area (Å²) in [6.45, 7) is 5.65. The van der Waals surface area contributed by atoms with E-state index in [1.165, 1.54) is 0 Å². The minimum Gasteiger partial charge on any atom is -0.381 e. The molecule has 13 heavy (non-hydrogen) atoms. The first-order valence-corrected chi connectivity index (χ1v) is 4.76. The molecule has 0 radical (unpaired) electrons. The van der Waals surface area contributed by atoms with Crippen molar-refractivity contribution in [2.75, 3.05) is 19.8 Å². The van der Waals surface area contributed by atoms with Gasteiger partial charge in [-0.05, 0) is 20.3 Å². The highest BCUT2D eigenvalue weighted by Gasteiger charge is 2.00. The molecule has 0 rings (SSSR count). The lowest BCUT2D eigenvalue weighted by Crippen LogP contribution is -2.29. The first-order chi connectivity index (χ1) is 6.16. The van der Waals surface area contributed by atoms with Gasteiger partial charge in [-0.3, -0.25) is 4.79 Å². The Bertz CT molecular complexity index is 138. The molecule has 0 saturated carbocycles. The number of carbonyl (C=O) groups is 1. The molecule has 0 aromatic rings. The van der Waals surface area contributed by atoms with Crippen LogP contribution in [-0.4, -0.2) is 31.7 Å². The fourth-order valence-electron chi connectivity index (χ4n) is 0.837. The van der Waals surface area contributed by atoms with E-state index in [1.54, 1.807) is 0 Å². The van der Waals surface area contributed by atoms with E-state index in [4.69, 9.17) is 10.5 Å². The van der Waals surface area contributed by atoms with Gasteiger partial charge in [0.25, 0.3) is 0 Å². The van der Waals surface area contributed by atoms with Crippen molar-refractivity contribution in [3.05, 3.63) is 0 Å². The molecule has 4 nitrogen and oxygen atoms in total. The molecule has 1 atom stereocenters. The van der Waals surface area contributed by atoms with Crippen molar-refractivity contribution in [1.82, 2.24) is 5.32 Å². The van der Waals surface area contributed by atoms with Gasteiger partial charge < -0.3 is 15.8 Å². The lowest BCUT2D eigenvalue weighted by atomic mass is 10.2. The van der Waals surface area contributed by atoms with Crippen molar-refractivity contribution in [3.63, 3.8) is 0 Å². The largest absolute Gasteiger partial charge is 0.381 e. The number of nitrogens with one attached hydrogen (secondary N) is 1. The van der Waals surface area contributed by atoms with Crippen molar-refractivity contribution < 1.29 is 9.53 Å². The van der Waals surface area contributed by atoms with Crippen molar-refractivity contribution >= 4 is 5.91 Å². The highest BCUT2D eigenvalue weighted by molar-refractivity contribution is 5.75. The second kappa shape index (κ2) is 8.01. The van der Waals surface area contributed by atoms with Crippen LogP contribution in [0.5, 0.6) is 0 Å². The molecule has 1 amide bonds. The van der Waals surface area contributed by atoms with E-state index >= 15 is 0 Å². The predicted molar refractivity (Wildman–Crippen MR) is 52.4 cm³/mol. The zero-order valence-electron chi connectivity index (χ0n) is 8.51. The Kier molecular flexibility index (Phi) is 7.63. The summed E-state index contributed by atoms with van der Waals surface area (Å²) in [4.78, 5) is 11.1. The lowest BCUT2D eigenvalue weighted by Gasteiger charge is -2.06. The van der Waals surface area contributed by atoms with Crippen molar-refractivity contribution in [2.24, 2.45) is 5.73 Å². The van der Waals surface area contributed by atoms with Gasteiger partial charge in [-0.1, -0.05) is 0 Å². The Balaban J connectivity index is 3.20. The van der Waals surface area contributed by atoms with Crippen molar-refractivity contribution in [2.45, 2.75) is 32.7 Å². The maximum absolute atomic E-state index is 11.1. The smallest absolute Gasteiger partial charge is 0.222 e. The van der Waals surface area contributed by atoms with Crippen LogP contribution in [0.15, 0.2) is 0 Å². The molecule has 1 unspecified atom stereocenters. The fraction of sp³-hybridized carbons (Fsp3) is 0.889. The molecular formula is C9H20N2O2. The maximum Gasteiger partial charge on any atom is 0.222 e. The van der Waals surface area contributed by atoms with Gasteiger partial charge in [0.1, 0.15) is 0 Å². The van der Waals surface area contributed by atoms with Crippen LogP contribution < -0.4 is 11.1 Å². The van der Waals surface area contributed by atoms with Gasteiger partial charge in [0.2, 0.25) is 5.91 Å². The summed E-state index contributed by atoms with van der Waals surface area (Å²) in [5, 5.41) is 2.77. The number of nitrogens with two attached hydrogens (primary N) is 1. The van der Waals surface area contributed by atoms with Gasteiger partial charge in [-0.2, -0.15) is 0 Å². The van der Waals surface area contributed by atoms with E-state index in [0.717, 1.165) is 6.42 Å². The van der Waals surface area contributed by atoms with Crippen LogP contribution >= 0.6 is 0 Å². The van der Waals surface area contributed by atoms with Crippen LogP contribution in [0, 0.1) is 0 Å². The number of amides is 1. The van der Waals surface area contributed by atoms with Crippen LogP contribution in [0.25, 0.3) is 0 Å². The molecule has 0 aliphatic heterocycles. The zero-order chi connectivity index (χ0) is 10.1. The number of hydrogen-bond donors (Lipinski definition) is 2. The number of carbonyl (C=O) groups excluding carboxylic acids is 1. The van der Waals surface area contributed by atoms with E-state index < -0.39 is 0 Å². The second-order valence-electron chi connectivity index (χ2n) is 3.06.